The predicted molar refractivity (Wildman–Crippen MR) is 113 cm³/mol. The number of hydrogen-bond donors (Lipinski definition) is 3. The monoisotopic (exact) mass is 419 g/mol. The van der Waals surface area contributed by atoms with Gasteiger partial charge in [0, 0.05) is 18.0 Å². The van der Waals surface area contributed by atoms with E-state index in [1.165, 1.54) is 30.5 Å². The molecule has 3 N–H and O–H groups in total. The van der Waals surface area contributed by atoms with Crippen molar-refractivity contribution in [1.82, 2.24) is 15.0 Å². The normalized spacial score (nSPS) is 11.4. The maximum Gasteiger partial charge on any atom is 0.201 e. The van der Waals surface area contributed by atoms with E-state index in [0.29, 0.717) is 22.8 Å². The third kappa shape index (κ3) is 4.50. The summed E-state index contributed by atoms with van der Waals surface area (Å²) < 4.78 is 32.4. The highest BCUT2D eigenvalue weighted by molar-refractivity contribution is 8.00. The third-order valence-electron chi connectivity index (χ3n) is 4.06. The van der Waals surface area contributed by atoms with Crippen LogP contribution in [0.3, 0.4) is 0 Å². The van der Waals surface area contributed by atoms with Gasteiger partial charge in [0.05, 0.1) is 22.2 Å². The molecule has 1 aromatic carbocycles. The number of aromatic amines is 1. The molecule has 2 aromatic heterocycles. The summed E-state index contributed by atoms with van der Waals surface area (Å²) in [6.45, 7) is 7.91. The highest BCUT2D eigenvalue weighted by atomic mass is 32.2. The smallest absolute Gasteiger partial charge is 0.201 e. The molecule has 3 aromatic rings. The number of carbonyl (C=O) groups excluding carboxylic acids is 1. The highest BCUT2D eigenvalue weighted by Gasteiger charge is 2.26. The number of H-pyrrole nitrogens is 1. The molecule has 0 amide bonds. The Bertz CT molecular complexity index is 1040. The number of rotatable bonds is 8. The van der Waals surface area contributed by atoms with Gasteiger partial charge in [-0.3, -0.25) is 4.79 Å². The van der Waals surface area contributed by atoms with Gasteiger partial charge in [0.15, 0.2) is 5.82 Å². The fourth-order valence-corrected chi connectivity index (χ4v) is 3.51. The quantitative estimate of drug-likeness (QED) is 0.352. The Morgan fingerprint density at radius 3 is 2.66 bits per heavy atom. The van der Waals surface area contributed by atoms with E-state index in [-0.39, 0.29) is 17.3 Å². The zero-order valence-electron chi connectivity index (χ0n) is 16.6. The summed E-state index contributed by atoms with van der Waals surface area (Å²) in [6, 6.07) is 2.43. The standard InChI is InChI=1S/C20H23F2N5OS/c1-10(2)8-29-27-14-6-5-13(21)16(17(14)22)18(28)12-7-23-19-15(12)20(25-9-24-19)26-11(3)4/h5-7,9-11,27H,8H2,1-4H3,(H2,23,24,25,26). The number of hydrogen-bond acceptors (Lipinski definition) is 6. The van der Waals surface area contributed by atoms with Gasteiger partial charge in [0.25, 0.3) is 0 Å². The fraction of sp³-hybridized carbons (Fsp3) is 0.350. The maximum absolute atomic E-state index is 15.0. The number of fused-ring (bicyclic) bond motifs is 1. The first kappa shape index (κ1) is 21.0. The lowest BCUT2D eigenvalue weighted by molar-refractivity contribution is 0.103. The van der Waals surface area contributed by atoms with Crippen molar-refractivity contribution in [2.24, 2.45) is 5.92 Å². The molecule has 0 aliphatic heterocycles. The first-order valence-corrected chi connectivity index (χ1v) is 10.3. The number of anilines is 2. The highest BCUT2D eigenvalue weighted by Crippen LogP contribution is 2.30. The second-order valence-electron chi connectivity index (χ2n) is 7.37. The van der Waals surface area contributed by atoms with Crippen LogP contribution in [0.15, 0.2) is 24.7 Å². The van der Waals surface area contributed by atoms with E-state index < -0.39 is 23.0 Å². The second-order valence-corrected chi connectivity index (χ2v) is 8.19. The van der Waals surface area contributed by atoms with Crippen molar-refractivity contribution < 1.29 is 13.6 Å². The van der Waals surface area contributed by atoms with Crippen molar-refractivity contribution in [2.75, 3.05) is 15.8 Å². The average Bonchev–Trinajstić information content (AvgIpc) is 3.08. The van der Waals surface area contributed by atoms with Gasteiger partial charge in [-0.1, -0.05) is 25.8 Å². The van der Waals surface area contributed by atoms with Gasteiger partial charge in [-0.15, -0.1) is 0 Å². The zero-order valence-corrected chi connectivity index (χ0v) is 17.5. The lowest BCUT2D eigenvalue weighted by atomic mass is 10.0. The van der Waals surface area contributed by atoms with E-state index in [2.05, 4.69) is 25.0 Å². The Morgan fingerprint density at radius 2 is 1.97 bits per heavy atom. The molecule has 0 aliphatic rings. The summed E-state index contributed by atoms with van der Waals surface area (Å²) in [5.41, 5.74) is -0.0277. The molecule has 0 saturated heterocycles. The Morgan fingerprint density at radius 1 is 1.21 bits per heavy atom. The van der Waals surface area contributed by atoms with Gasteiger partial charge in [0.1, 0.15) is 23.6 Å². The number of carbonyl (C=O) groups is 1. The molecule has 2 heterocycles. The summed E-state index contributed by atoms with van der Waals surface area (Å²) in [4.78, 5) is 24.3. The van der Waals surface area contributed by atoms with Crippen LogP contribution < -0.4 is 10.0 Å². The van der Waals surface area contributed by atoms with Crippen LogP contribution >= 0.6 is 11.9 Å². The molecule has 3 rings (SSSR count). The molecular formula is C20H23F2N5OS. The molecule has 0 fully saturated rings. The number of nitrogens with one attached hydrogen (secondary N) is 3. The molecule has 0 unspecified atom stereocenters. The van der Waals surface area contributed by atoms with Gasteiger partial charge in [-0.2, -0.15) is 0 Å². The first-order valence-electron chi connectivity index (χ1n) is 9.28. The minimum Gasteiger partial charge on any atom is -0.367 e. The van der Waals surface area contributed by atoms with Gasteiger partial charge < -0.3 is 15.0 Å². The Hall–Kier alpha value is -2.68. The molecule has 6 nitrogen and oxygen atoms in total. The Kier molecular flexibility index (Phi) is 6.36. The topological polar surface area (TPSA) is 82.7 Å². The van der Waals surface area contributed by atoms with E-state index in [4.69, 9.17) is 0 Å². The van der Waals surface area contributed by atoms with Gasteiger partial charge >= 0.3 is 0 Å². The molecule has 29 heavy (non-hydrogen) atoms. The van der Waals surface area contributed by atoms with Gasteiger partial charge in [0.2, 0.25) is 5.78 Å². The van der Waals surface area contributed by atoms with Crippen molar-refractivity contribution in [3.63, 3.8) is 0 Å². The molecule has 0 radical (unpaired) electrons. The number of aromatic nitrogens is 3. The Labute approximate surface area is 172 Å². The van der Waals surface area contributed by atoms with E-state index in [9.17, 15) is 9.18 Å². The van der Waals surface area contributed by atoms with Crippen molar-refractivity contribution in [1.29, 1.82) is 0 Å². The van der Waals surface area contributed by atoms with E-state index in [1.54, 1.807) is 0 Å². The lowest BCUT2D eigenvalue weighted by Gasteiger charge is -2.12. The van der Waals surface area contributed by atoms with E-state index in [1.807, 2.05) is 27.7 Å². The summed E-state index contributed by atoms with van der Waals surface area (Å²) in [5.74, 6) is -1.05. The maximum atomic E-state index is 15.0. The number of halogens is 2. The number of ketones is 1. The second kappa shape index (κ2) is 8.77. The van der Waals surface area contributed by atoms with Crippen LogP contribution in [0.4, 0.5) is 20.3 Å². The number of nitrogens with zero attached hydrogens (tertiary/aromatic N) is 2. The molecule has 9 heteroatoms. The van der Waals surface area contributed by atoms with Crippen molar-refractivity contribution >= 4 is 40.3 Å². The Balaban J connectivity index is 2.03. The third-order valence-corrected chi connectivity index (χ3v) is 5.25. The predicted octanol–water partition coefficient (Wildman–Crippen LogP) is 5.00. The molecule has 0 bridgehead atoms. The van der Waals surface area contributed by atoms with Crippen LogP contribution in [0.1, 0.15) is 43.6 Å². The van der Waals surface area contributed by atoms with Crippen molar-refractivity contribution in [3.8, 4) is 0 Å². The molecule has 154 valence electrons. The summed E-state index contributed by atoms with van der Waals surface area (Å²) in [5, 5.41) is 3.53. The van der Waals surface area contributed by atoms with E-state index in [0.717, 1.165) is 11.8 Å². The van der Waals surface area contributed by atoms with Gasteiger partial charge in [-0.05, 0) is 31.9 Å². The van der Waals surface area contributed by atoms with Crippen LogP contribution in [0, 0.1) is 17.6 Å². The molecule has 0 aliphatic carbocycles. The summed E-state index contributed by atoms with van der Waals surface area (Å²) in [7, 11) is 0. The molecule has 0 saturated carbocycles. The minimum absolute atomic E-state index is 0.0462. The summed E-state index contributed by atoms with van der Waals surface area (Å²) >= 11 is 1.30. The fourth-order valence-electron chi connectivity index (χ4n) is 2.79. The van der Waals surface area contributed by atoms with Crippen LogP contribution in [0.25, 0.3) is 11.0 Å². The minimum atomic E-state index is -0.921. The van der Waals surface area contributed by atoms with Crippen LogP contribution in [-0.2, 0) is 0 Å². The first-order chi connectivity index (χ1) is 13.8. The lowest BCUT2D eigenvalue weighted by Crippen LogP contribution is -2.13. The summed E-state index contributed by atoms with van der Waals surface area (Å²) in [6.07, 6.45) is 2.76. The van der Waals surface area contributed by atoms with Gasteiger partial charge in [-0.25, -0.2) is 18.7 Å². The molecule has 0 atom stereocenters. The number of benzene rings is 1. The van der Waals surface area contributed by atoms with Crippen molar-refractivity contribution in [3.05, 3.63) is 47.4 Å². The van der Waals surface area contributed by atoms with Crippen LogP contribution in [0.2, 0.25) is 0 Å². The van der Waals surface area contributed by atoms with Crippen LogP contribution in [-0.4, -0.2) is 32.5 Å². The molecular weight excluding hydrogens is 396 g/mol. The molecule has 0 spiro atoms. The van der Waals surface area contributed by atoms with E-state index >= 15 is 4.39 Å². The van der Waals surface area contributed by atoms with Crippen LogP contribution in [0.5, 0.6) is 0 Å². The average molecular weight is 420 g/mol. The zero-order chi connectivity index (χ0) is 21.1. The van der Waals surface area contributed by atoms with Crippen molar-refractivity contribution in [2.45, 2.75) is 33.7 Å². The largest absolute Gasteiger partial charge is 0.367 e. The SMILES string of the molecule is CC(C)CSNc1ccc(F)c(C(=O)c2c[nH]c3ncnc(NC(C)C)c23)c1F.